The van der Waals surface area contributed by atoms with E-state index in [2.05, 4.69) is 121 Å². The van der Waals surface area contributed by atoms with Crippen LogP contribution in [0.2, 0.25) is 0 Å². The highest BCUT2D eigenvalue weighted by molar-refractivity contribution is 6.08. The minimum Gasteiger partial charge on any atom is -0.208 e. The van der Waals surface area contributed by atoms with Crippen LogP contribution in [0.3, 0.4) is 0 Å². The van der Waals surface area contributed by atoms with Crippen LogP contribution in [0.15, 0.2) is 224 Å². The molecule has 0 N–H and O–H groups in total. The second kappa shape index (κ2) is 17.1. The number of nitrogens with zero attached hydrogens (tertiary/aromatic N) is 5. The molecule has 11 aromatic rings. The molecule has 10 aromatic carbocycles. The number of nitriles is 2. The second-order valence-corrected chi connectivity index (χ2v) is 16.2. The van der Waals surface area contributed by atoms with E-state index in [4.69, 9.17) is 15.0 Å². The molecule has 11 rings (SSSR count). The second-order valence-electron chi connectivity index (χ2n) is 16.2. The van der Waals surface area contributed by atoms with E-state index in [1.54, 1.807) is 0 Å². The smallest absolute Gasteiger partial charge is 0.164 e. The summed E-state index contributed by atoms with van der Waals surface area (Å²) in [4.78, 5) is 15.0. The van der Waals surface area contributed by atoms with Gasteiger partial charge in [0, 0.05) is 22.3 Å². The minimum absolute atomic E-state index is 0.453. The lowest BCUT2D eigenvalue weighted by Gasteiger charge is -2.15. The van der Waals surface area contributed by atoms with Crippen molar-refractivity contribution in [2.45, 2.75) is 0 Å². The summed E-state index contributed by atoms with van der Waals surface area (Å²) in [5.74, 6) is 1.44. The molecule has 306 valence electrons. The Hall–Kier alpha value is -9.29. The van der Waals surface area contributed by atoms with E-state index < -0.39 is 0 Å². The van der Waals surface area contributed by atoms with E-state index in [9.17, 15) is 10.5 Å². The first-order valence-electron chi connectivity index (χ1n) is 21.8. The SMILES string of the molecule is N#Cc1cc(-c2nc(-c3ccccc3)nc(-c3cccc(-c4c(C#N)cccc4-c4cccc(-c5ccc(-c6ccc7ccc8ccccc8c7c6)cc5)c4)c3)n2)ccc1-c1ccccc1. The molecular formula is C61H37N5. The summed E-state index contributed by atoms with van der Waals surface area (Å²) in [5.41, 5.74) is 13.3. The standard InChI is InChI=1S/C61H37N5/c62-38-52-21-11-23-56(48-18-9-17-46(34-48)40-24-26-41(27-25-40)47-31-30-44-29-28-43-14-7-8-22-55(43)57(44)37-47)58(52)49-19-10-20-50(35-49)60-64-59(45-15-5-2-6-16-45)65-61(66-60)51-32-33-54(53(36-51)39-63)42-12-3-1-4-13-42/h1-37H. The molecule has 1 aromatic heterocycles. The Balaban J connectivity index is 0.957. The summed E-state index contributed by atoms with van der Waals surface area (Å²) in [5, 5.41) is 25.8. The number of aromatic nitrogens is 3. The summed E-state index contributed by atoms with van der Waals surface area (Å²) in [6.07, 6.45) is 0. The Kier molecular flexibility index (Phi) is 10.3. The fourth-order valence-corrected chi connectivity index (χ4v) is 8.91. The third-order valence-electron chi connectivity index (χ3n) is 12.2. The summed E-state index contributed by atoms with van der Waals surface area (Å²) in [6.45, 7) is 0. The van der Waals surface area contributed by atoms with Gasteiger partial charge in [0.15, 0.2) is 17.5 Å². The molecule has 0 aliphatic rings. The van der Waals surface area contributed by atoms with Crippen LogP contribution in [0, 0.1) is 22.7 Å². The topological polar surface area (TPSA) is 86.2 Å². The maximum Gasteiger partial charge on any atom is 0.164 e. The Labute approximate surface area is 382 Å². The molecule has 0 radical (unpaired) electrons. The monoisotopic (exact) mass is 839 g/mol. The van der Waals surface area contributed by atoms with E-state index in [0.717, 1.165) is 61.2 Å². The van der Waals surface area contributed by atoms with Crippen LogP contribution in [-0.4, -0.2) is 15.0 Å². The zero-order chi connectivity index (χ0) is 44.4. The number of benzene rings is 10. The summed E-state index contributed by atoms with van der Waals surface area (Å²) >= 11 is 0. The molecule has 5 nitrogen and oxygen atoms in total. The van der Waals surface area contributed by atoms with Gasteiger partial charge in [-0.2, -0.15) is 10.5 Å². The van der Waals surface area contributed by atoms with E-state index in [-0.39, 0.29) is 0 Å². The van der Waals surface area contributed by atoms with Crippen LogP contribution in [0.5, 0.6) is 0 Å². The molecule has 0 spiro atoms. The van der Waals surface area contributed by atoms with Crippen LogP contribution in [0.25, 0.3) is 111 Å². The zero-order valence-electron chi connectivity index (χ0n) is 35.6. The van der Waals surface area contributed by atoms with Gasteiger partial charge < -0.3 is 0 Å². The summed E-state index contributed by atoms with van der Waals surface area (Å²) in [6, 6.07) is 81.1. The van der Waals surface area contributed by atoms with Crippen molar-refractivity contribution in [3.05, 3.63) is 236 Å². The Morgan fingerprint density at radius 2 is 0.758 bits per heavy atom. The average Bonchev–Trinajstić information content (AvgIpc) is 3.40. The van der Waals surface area contributed by atoms with Gasteiger partial charge in [0.25, 0.3) is 0 Å². The molecule has 66 heavy (non-hydrogen) atoms. The molecule has 0 unspecified atom stereocenters. The molecule has 5 heteroatoms. The van der Waals surface area contributed by atoms with Crippen LogP contribution in [0.1, 0.15) is 11.1 Å². The Morgan fingerprint density at radius 3 is 1.47 bits per heavy atom. The van der Waals surface area contributed by atoms with Crippen molar-refractivity contribution in [2.24, 2.45) is 0 Å². The number of rotatable bonds is 8. The minimum atomic E-state index is 0.453. The molecule has 0 bridgehead atoms. The van der Waals surface area contributed by atoms with Crippen molar-refractivity contribution >= 4 is 21.5 Å². The van der Waals surface area contributed by atoms with E-state index >= 15 is 0 Å². The van der Waals surface area contributed by atoms with Gasteiger partial charge in [0.1, 0.15) is 0 Å². The van der Waals surface area contributed by atoms with Gasteiger partial charge in [0.2, 0.25) is 0 Å². The molecule has 0 amide bonds. The van der Waals surface area contributed by atoms with Crippen molar-refractivity contribution < 1.29 is 0 Å². The molecule has 0 saturated heterocycles. The molecule has 0 saturated carbocycles. The Morgan fingerprint density at radius 1 is 0.273 bits per heavy atom. The maximum absolute atomic E-state index is 10.6. The quantitative estimate of drug-likeness (QED) is 0.142. The highest BCUT2D eigenvalue weighted by Crippen LogP contribution is 2.39. The first kappa shape index (κ1) is 39.5. The molecule has 1 heterocycles. The summed E-state index contributed by atoms with van der Waals surface area (Å²) < 4.78 is 0. The summed E-state index contributed by atoms with van der Waals surface area (Å²) in [7, 11) is 0. The highest BCUT2D eigenvalue weighted by atomic mass is 15.0. The average molecular weight is 840 g/mol. The fourth-order valence-electron chi connectivity index (χ4n) is 8.91. The number of fused-ring (bicyclic) bond motifs is 3. The van der Waals surface area contributed by atoms with Crippen LogP contribution < -0.4 is 0 Å². The maximum atomic E-state index is 10.6. The van der Waals surface area contributed by atoms with Crippen molar-refractivity contribution in [1.82, 2.24) is 15.0 Å². The van der Waals surface area contributed by atoms with Gasteiger partial charge in [-0.25, -0.2) is 15.0 Å². The van der Waals surface area contributed by atoms with E-state index in [1.165, 1.54) is 27.1 Å². The van der Waals surface area contributed by atoms with Crippen LogP contribution >= 0.6 is 0 Å². The van der Waals surface area contributed by atoms with Crippen LogP contribution in [0.4, 0.5) is 0 Å². The Bertz CT molecular complexity index is 3710. The van der Waals surface area contributed by atoms with Crippen molar-refractivity contribution in [3.8, 4) is 102 Å². The fraction of sp³-hybridized carbons (Fsp3) is 0. The van der Waals surface area contributed by atoms with Gasteiger partial charge in [-0.3, -0.25) is 0 Å². The normalized spacial score (nSPS) is 11.0. The first-order valence-corrected chi connectivity index (χ1v) is 21.8. The van der Waals surface area contributed by atoms with Gasteiger partial charge in [-0.1, -0.05) is 194 Å². The van der Waals surface area contributed by atoms with Crippen LogP contribution in [-0.2, 0) is 0 Å². The van der Waals surface area contributed by atoms with Crippen molar-refractivity contribution in [1.29, 1.82) is 10.5 Å². The van der Waals surface area contributed by atoms with Crippen molar-refractivity contribution in [2.75, 3.05) is 0 Å². The lowest BCUT2D eigenvalue weighted by atomic mass is 9.89. The molecule has 0 aliphatic carbocycles. The molecule has 0 fully saturated rings. The number of hydrogen-bond acceptors (Lipinski definition) is 5. The lowest BCUT2D eigenvalue weighted by Crippen LogP contribution is -2.01. The van der Waals surface area contributed by atoms with Crippen molar-refractivity contribution in [3.63, 3.8) is 0 Å². The lowest BCUT2D eigenvalue weighted by molar-refractivity contribution is 1.07. The van der Waals surface area contributed by atoms with Gasteiger partial charge in [-0.05, 0) is 102 Å². The van der Waals surface area contributed by atoms with Gasteiger partial charge in [0.05, 0.1) is 23.3 Å². The highest BCUT2D eigenvalue weighted by Gasteiger charge is 2.18. The third kappa shape index (κ3) is 7.54. The van der Waals surface area contributed by atoms with Gasteiger partial charge >= 0.3 is 0 Å². The van der Waals surface area contributed by atoms with E-state index in [1.807, 2.05) is 115 Å². The third-order valence-corrected chi connectivity index (χ3v) is 12.2. The molecule has 0 aliphatic heterocycles. The van der Waals surface area contributed by atoms with E-state index in [0.29, 0.717) is 34.2 Å². The van der Waals surface area contributed by atoms with Gasteiger partial charge in [-0.15, -0.1) is 0 Å². The zero-order valence-corrected chi connectivity index (χ0v) is 35.6. The number of hydrogen-bond donors (Lipinski definition) is 0. The molecule has 0 atom stereocenters. The largest absolute Gasteiger partial charge is 0.208 e. The predicted octanol–water partition coefficient (Wildman–Crippen LogP) is 15.3. The molecular weight excluding hydrogens is 803 g/mol. The predicted molar refractivity (Wildman–Crippen MR) is 268 cm³/mol. The first-order chi connectivity index (χ1) is 32.6.